The van der Waals surface area contributed by atoms with Crippen LogP contribution in [-0.2, 0) is 0 Å². The van der Waals surface area contributed by atoms with Gasteiger partial charge in [-0.15, -0.1) is 0 Å². The second-order valence-electron chi connectivity index (χ2n) is 11.4. The molecule has 44 heavy (non-hydrogen) atoms. The SMILES string of the molecule is CN(C)CCOc1cc(F)cc(-c2ccnc3nc(-c4n[nH]c5ccc(-c6cncc(OC7CCCCC7)c6)nc45)[nH]c23)c1. The smallest absolute Gasteiger partial charge is 0.178 e. The Labute approximate surface area is 253 Å². The minimum atomic E-state index is -0.384. The summed E-state index contributed by atoms with van der Waals surface area (Å²) in [6, 6.07) is 12.4. The maximum Gasteiger partial charge on any atom is 0.178 e. The van der Waals surface area contributed by atoms with E-state index in [9.17, 15) is 4.39 Å². The van der Waals surface area contributed by atoms with E-state index < -0.39 is 0 Å². The van der Waals surface area contributed by atoms with Gasteiger partial charge in [-0.3, -0.25) is 10.1 Å². The van der Waals surface area contributed by atoms with Crippen LogP contribution in [0.5, 0.6) is 11.5 Å². The van der Waals surface area contributed by atoms with E-state index in [0.29, 0.717) is 46.1 Å². The topological polar surface area (TPSA) is 118 Å². The fraction of sp³-hybridized carbons (Fsp3) is 0.303. The summed E-state index contributed by atoms with van der Waals surface area (Å²) in [4.78, 5) is 23.9. The maximum absolute atomic E-state index is 14.7. The Kier molecular flexibility index (Phi) is 7.61. The number of aromatic nitrogens is 7. The van der Waals surface area contributed by atoms with Gasteiger partial charge in [0, 0.05) is 36.1 Å². The molecule has 0 amide bonds. The number of pyridine rings is 3. The molecule has 5 aromatic heterocycles. The van der Waals surface area contributed by atoms with Crippen molar-refractivity contribution in [1.82, 2.24) is 40.0 Å². The first kappa shape index (κ1) is 27.9. The Morgan fingerprint density at radius 3 is 2.68 bits per heavy atom. The predicted octanol–water partition coefficient (Wildman–Crippen LogP) is 6.42. The Hall–Kier alpha value is -4.90. The molecule has 0 aliphatic heterocycles. The summed E-state index contributed by atoms with van der Waals surface area (Å²) in [6.07, 6.45) is 11.3. The van der Waals surface area contributed by atoms with Crippen LogP contribution in [0.3, 0.4) is 0 Å². The molecule has 0 saturated heterocycles. The number of aromatic amines is 2. The number of nitrogens with zero attached hydrogens (tertiary/aromatic N) is 6. The van der Waals surface area contributed by atoms with E-state index in [-0.39, 0.29) is 11.9 Å². The summed E-state index contributed by atoms with van der Waals surface area (Å²) >= 11 is 0. The van der Waals surface area contributed by atoms with Crippen molar-refractivity contribution in [3.8, 4) is 45.4 Å². The van der Waals surface area contributed by atoms with E-state index in [1.807, 2.05) is 49.3 Å². The molecule has 1 aliphatic rings. The molecule has 0 radical (unpaired) electrons. The average Bonchev–Trinajstić information content (AvgIpc) is 3.65. The van der Waals surface area contributed by atoms with Crippen molar-refractivity contribution < 1.29 is 13.9 Å². The second-order valence-corrected chi connectivity index (χ2v) is 11.4. The molecule has 7 rings (SSSR count). The molecule has 0 bridgehead atoms. The third-order valence-corrected chi connectivity index (χ3v) is 7.88. The first-order valence-corrected chi connectivity index (χ1v) is 14.9. The van der Waals surface area contributed by atoms with Gasteiger partial charge in [-0.1, -0.05) is 6.42 Å². The van der Waals surface area contributed by atoms with Crippen LogP contribution in [0.1, 0.15) is 32.1 Å². The van der Waals surface area contributed by atoms with E-state index >= 15 is 0 Å². The number of imidazole rings is 1. The lowest BCUT2D eigenvalue weighted by Gasteiger charge is -2.22. The highest BCUT2D eigenvalue weighted by Crippen LogP contribution is 2.33. The van der Waals surface area contributed by atoms with Crippen molar-refractivity contribution >= 4 is 22.2 Å². The normalized spacial score (nSPS) is 14.1. The van der Waals surface area contributed by atoms with Crippen molar-refractivity contribution in [1.29, 1.82) is 0 Å². The molecule has 1 aliphatic carbocycles. The van der Waals surface area contributed by atoms with Gasteiger partial charge in [0.1, 0.15) is 29.4 Å². The number of fused-ring (bicyclic) bond motifs is 2. The van der Waals surface area contributed by atoms with Crippen LogP contribution in [0, 0.1) is 5.82 Å². The van der Waals surface area contributed by atoms with Crippen molar-refractivity contribution in [2.45, 2.75) is 38.2 Å². The minimum absolute atomic E-state index is 0.234. The largest absolute Gasteiger partial charge is 0.492 e. The number of nitrogens with one attached hydrogen (secondary N) is 2. The Balaban J connectivity index is 1.21. The van der Waals surface area contributed by atoms with Crippen molar-refractivity contribution in [3.63, 3.8) is 0 Å². The Bertz CT molecular complexity index is 1930. The van der Waals surface area contributed by atoms with Crippen molar-refractivity contribution in [3.05, 3.63) is 66.9 Å². The molecular formula is C33H33FN8O2. The van der Waals surface area contributed by atoms with E-state index in [4.69, 9.17) is 19.4 Å². The molecule has 224 valence electrons. The molecule has 0 atom stereocenters. The van der Waals surface area contributed by atoms with E-state index in [2.05, 4.69) is 25.1 Å². The first-order valence-electron chi connectivity index (χ1n) is 14.9. The number of ether oxygens (including phenoxy) is 2. The summed E-state index contributed by atoms with van der Waals surface area (Å²) in [5.41, 5.74) is 6.14. The molecular weight excluding hydrogens is 559 g/mol. The number of rotatable bonds is 9. The van der Waals surface area contributed by atoms with Crippen LogP contribution in [0.15, 0.2) is 61.1 Å². The molecule has 5 heterocycles. The third-order valence-electron chi connectivity index (χ3n) is 7.88. The zero-order valence-electron chi connectivity index (χ0n) is 24.7. The Morgan fingerprint density at radius 2 is 1.82 bits per heavy atom. The van der Waals surface area contributed by atoms with Crippen LogP contribution < -0.4 is 9.47 Å². The molecule has 2 N–H and O–H groups in total. The first-order chi connectivity index (χ1) is 21.5. The quantitative estimate of drug-likeness (QED) is 0.198. The number of hydrogen-bond acceptors (Lipinski definition) is 8. The lowest BCUT2D eigenvalue weighted by atomic mass is 9.98. The van der Waals surface area contributed by atoms with Gasteiger partial charge in [0.05, 0.1) is 29.0 Å². The van der Waals surface area contributed by atoms with E-state index in [1.54, 1.807) is 18.6 Å². The number of benzene rings is 1. The van der Waals surface area contributed by atoms with Gasteiger partial charge >= 0.3 is 0 Å². The number of hydrogen-bond donors (Lipinski definition) is 2. The molecule has 10 nitrogen and oxygen atoms in total. The summed E-state index contributed by atoms with van der Waals surface area (Å²) in [7, 11) is 3.93. The summed E-state index contributed by atoms with van der Waals surface area (Å²) in [6.45, 7) is 1.17. The van der Waals surface area contributed by atoms with Crippen LogP contribution >= 0.6 is 0 Å². The number of likely N-dealkylation sites (N-methyl/N-ethyl adjacent to an activating group) is 1. The summed E-state index contributed by atoms with van der Waals surface area (Å²) in [5, 5.41) is 7.60. The minimum Gasteiger partial charge on any atom is -0.492 e. The molecule has 1 aromatic carbocycles. The van der Waals surface area contributed by atoms with Gasteiger partial charge in [-0.2, -0.15) is 5.10 Å². The van der Waals surface area contributed by atoms with E-state index in [1.165, 1.54) is 31.4 Å². The second kappa shape index (κ2) is 12.0. The Morgan fingerprint density at radius 1 is 0.955 bits per heavy atom. The van der Waals surface area contributed by atoms with Crippen LogP contribution in [0.2, 0.25) is 0 Å². The zero-order chi connectivity index (χ0) is 30.0. The van der Waals surface area contributed by atoms with Crippen LogP contribution in [-0.4, -0.2) is 73.4 Å². The van der Waals surface area contributed by atoms with Crippen LogP contribution in [0.25, 0.3) is 56.1 Å². The van der Waals surface area contributed by atoms with Crippen molar-refractivity contribution in [2.24, 2.45) is 0 Å². The van der Waals surface area contributed by atoms with Gasteiger partial charge in [0.15, 0.2) is 17.2 Å². The monoisotopic (exact) mass is 592 g/mol. The highest BCUT2D eigenvalue weighted by molar-refractivity contribution is 5.95. The lowest BCUT2D eigenvalue weighted by Crippen LogP contribution is -2.19. The van der Waals surface area contributed by atoms with Gasteiger partial charge in [-0.25, -0.2) is 19.3 Å². The van der Waals surface area contributed by atoms with E-state index in [0.717, 1.165) is 47.5 Å². The lowest BCUT2D eigenvalue weighted by molar-refractivity contribution is 0.154. The molecule has 6 aromatic rings. The average molecular weight is 593 g/mol. The van der Waals surface area contributed by atoms with Gasteiger partial charge in [0.25, 0.3) is 0 Å². The summed E-state index contributed by atoms with van der Waals surface area (Å²) < 4.78 is 26.7. The highest BCUT2D eigenvalue weighted by atomic mass is 19.1. The fourth-order valence-corrected chi connectivity index (χ4v) is 5.63. The third kappa shape index (κ3) is 5.83. The molecule has 0 spiro atoms. The van der Waals surface area contributed by atoms with Crippen LogP contribution in [0.4, 0.5) is 4.39 Å². The molecule has 0 unspecified atom stereocenters. The molecule has 1 fully saturated rings. The number of halogens is 1. The van der Waals surface area contributed by atoms with Crippen molar-refractivity contribution in [2.75, 3.05) is 27.2 Å². The number of H-pyrrole nitrogens is 2. The standard InChI is InChI=1S/C33H33FN8O2/c1-42(2)12-13-43-24-15-20(14-22(34)17-24)26-10-11-36-32-29(26)38-33(39-32)31-30-28(40-41-31)9-8-27(37-30)21-16-25(19-35-18-21)44-23-6-4-3-5-7-23/h8-11,14-19,23H,3-7,12-13H2,1-2H3,(H,40,41)(H,36,38,39). The van der Waals surface area contributed by atoms with Gasteiger partial charge in [0.2, 0.25) is 0 Å². The van der Waals surface area contributed by atoms with Gasteiger partial charge < -0.3 is 19.4 Å². The predicted molar refractivity (Wildman–Crippen MR) is 167 cm³/mol. The summed E-state index contributed by atoms with van der Waals surface area (Å²) in [5.74, 6) is 1.33. The van der Waals surface area contributed by atoms with Gasteiger partial charge in [-0.05, 0) is 81.7 Å². The highest BCUT2D eigenvalue weighted by Gasteiger charge is 2.19. The fourth-order valence-electron chi connectivity index (χ4n) is 5.63. The zero-order valence-corrected chi connectivity index (χ0v) is 24.7. The maximum atomic E-state index is 14.7. The molecule has 1 saturated carbocycles. The molecule has 11 heteroatoms.